The summed E-state index contributed by atoms with van der Waals surface area (Å²) in [5.74, 6) is 1.93. The van der Waals surface area contributed by atoms with Crippen molar-refractivity contribution in [1.29, 1.82) is 0 Å². The molecule has 0 aliphatic heterocycles. The molecule has 0 saturated heterocycles. The third-order valence-corrected chi connectivity index (χ3v) is 4.88. The molecule has 0 spiro atoms. The van der Waals surface area contributed by atoms with Crippen LogP contribution in [0.5, 0.6) is 5.75 Å². The Hall–Kier alpha value is -1.79. The molecule has 3 rings (SSSR count). The average molecular weight is 391 g/mol. The summed E-state index contributed by atoms with van der Waals surface area (Å²) < 4.78 is 12.0. The minimum absolute atomic E-state index is 0.0793. The Morgan fingerprint density at radius 1 is 1.04 bits per heavy atom. The van der Waals surface area contributed by atoms with Crippen LogP contribution in [0, 0.1) is 0 Å². The number of thioether (sulfide) groups is 1. The highest BCUT2D eigenvalue weighted by Crippen LogP contribution is 2.35. The van der Waals surface area contributed by atoms with Crippen molar-refractivity contribution >= 4 is 27.7 Å². The number of hydrogen-bond donors (Lipinski definition) is 0. The number of benzene rings is 2. The van der Waals surface area contributed by atoms with Crippen LogP contribution in [0.25, 0.3) is 11.5 Å². The molecule has 0 saturated carbocycles. The molecule has 4 nitrogen and oxygen atoms in total. The summed E-state index contributed by atoms with van der Waals surface area (Å²) in [5.41, 5.74) is 0.880. The molecule has 1 heterocycles. The van der Waals surface area contributed by atoms with E-state index in [1.807, 2.05) is 36.4 Å². The quantitative estimate of drug-likeness (QED) is 0.548. The maximum Gasteiger partial charge on any atom is 0.247 e. The minimum Gasteiger partial charge on any atom is -0.497 e. The molecule has 0 radical (unpaired) electrons. The van der Waals surface area contributed by atoms with Gasteiger partial charge in [-0.25, -0.2) is 0 Å². The van der Waals surface area contributed by atoms with Crippen LogP contribution in [0.15, 0.2) is 62.3 Å². The number of ether oxygens (including phenoxy) is 1. The van der Waals surface area contributed by atoms with Crippen LogP contribution in [-0.2, 0) is 0 Å². The Kier molecular flexibility index (Phi) is 5.03. The maximum absolute atomic E-state index is 5.81. The van der Waals surface area contributed by atoms with Gasteiger partial charge in [0.1, 0.15) is 5.75 Å². The van der Waals surface area contributed by atoms with Gasteiger partial charge in [0, 0.05) is 14.9 Å². The Labute approximate surface area is 147 Å². The highest BCUT2D eigenvalue weighted by atomic mass is 79.9. The van der Waals surface area contributed by atoms with Crippen LogP contribution in [0.3, 0.4) is 0 Å². The summed E-state index contributed by atoms with van der Waals surface area (Å²) in [5, 5.41) is 8.39. The second-order valence-electron chi connectivity index (χ2n) is 4.89. The van der Waals surface area contributed by atoms with Crippen LogP contribution in [0.2, 0.25) is 0 Å². The van der Waals surface area contributed by atoms with Crippen molar-refractivity contribution in [2.75, 3.05) is 7.11 Å². The van der Waals surface area contributed by atoms with Crippen molar-refractivity contribution in [3.63, 3.8) is 0 Å². The molecule has 0 fully saturated rings. The van der Waals surface area contributed by atoms with E-state index >= 15 is 0 Å². The van der Waals surface area contributed by atoms with Crippen LogP contribution < -0.4 is 4.74 Å². The first kappa shape index (κ1) is 16.1. The number of aromatic nitrogens is 2. The number of halogens is 1. The van der Waals surface area contributed by atoms with Gasteiger partial charge in [-0.15, -0.1) is 22.0 Å². The van der Waals surface area contributed by atoms with Crippen molar-refractivity contribution in [1.82, 2.24) is 10.2 Å². The lowest BCUT2D eigenvalue weighted by atomic mass is 10.2. The fourth-order valence-electron chi connectivity index (χ4n) is 2.02. The first-order valence-electron chi connectivity index (χ1n) is 7.06. The van der Waals surface area contributed by atoms with E-state index in [0.717, 1.165) is 20.7 Å². The molecule has 0 bridgehead atoms. The predicted octanol–water partition coefficient (Wildman–Crippen LogP) is 5.36. The lowest BCUT2D eigenvalue weighted by Gasteiger charge is -2.06. The standard InChI is InChI=1S/C17H15BrN2O2S/c1-11(23-15-9-5-13(18)6-10-15)16-19-20-17(22-16)12-3-7-14(21-2)8-4-12/h3-11H,1-2H3/t11-/m0/s1. The first-order valence-corrected chi connectivity index (χ1v) is 8.73. The van der Waals surface area contributed by atoms with Gasteiger partial charge in [0.05, 0.1) is 12.4 Å². The molecule has 3 aromatic rings. The topological polar surface area (TPSA) is 48.2 Å². The third-order valence-electron chi connectivity index (χ3n) is 3.25. The Morgan fingerprint density at radius 2 is 1.74 bits per heavy atom. The first-order chi connectivity index (χ1) is 11.2. The molecule has 6 heteroatoms. The van der Waals surface area contributed by atoms with Gasteiger partial charge in [-0.3, -0.25) is 0 Å². The molecule has 0 N–H and O–H groups in total. The second kappa shape index (κ2) is 7.19. The van der Waals surface area contributed by atoms with Crippen molar-refractivity contribution in [2.24, 2.45) is 0 Å². The summed E-state index contributed by atoms with van der Waals surface area (Å²) in [4.78, 5) is 1.16. The monoisotopic (exact) mass is 390 g/mol. The zero-order valence-electron chi connectivity index (χ0n) is 12.7. The van der Waals surface area contributed by atoms with Gasteiger partial charge >= 0.3 is 0 Å². The molecule has 1 aromatic heterocycles. The van der Waals surface area contributed by atoms with Crippen molar-refractivity contribution in [2.45, 2.75) is 17.1 Å². The normalized spacial score (nSPS) is 12.1. The van der Waals surface area contributed by atoms with Gasteiger partial charge in [0.25, 0.3) is 0 Å². The second-order valence-corrected chi connectivity index (χ2v) is 7.22. The lowest BCUT2D eigenvalue weighted by Crippen LogP contribution is -1.88. The van der Waals surface area contributed by atoms with Gasteiger partial charge in [0.15, 0.2) is 0 Å². The van der Waals surface area contributed by atoms with Crippen molar-refractivity contribution in [3.05, 3.63) is 58.9 Å². The minimum atomic E-state index is 0.0793. The van der Waals surface area contributed by atoms with E-state index in [0.29, 0.717) is 11.8 Å². The third kappa shape index (κ3) is 3.95. The molecular formula is C17H15BrN2O2S. The van der Waals surface area contributed by atoms with Crippen LogP contribution >= 0.6 is 27.7 Å². The number of rotatable bonds is 5. The Balaban J connectivity index is 1.73. The van der Waals surface area contributed by atoms with Gasteiger partial charge in [-0.05, 0) is 55.5 Å². The summed E-state index contributed by atoms with van der Waals surface area (Å²) in [6.07, 6.45) is 0. The zero-order chi connectivity index (χ0) is 16.2. The molecule has 23 heavy (non-hydrogen) atoms. The van der Waals surface area contributed by atoms with Crippen molar-refractivity contribution < 1.29 is 9.15 Å². The average Bonchev–Trinajstić information content (AvgIpc) is 3.07. The molecule has 0 amide bonds. The van der Waals surface area contributed by atoms with Gasteiger partial charge in [-0.1, -0.05) is 15.9 Å². The number of hydrogen-bond acceptors (Lipinski definition) is 5. The van der Waals surface area contributed by atoms with Gasteiger partial charge < -0.3 is 9.15 Å². The highest BCUT2D eigenvalue weighted by Gasteiger charge is 2.16. The van der Waals surface area contributed by atoms with Gasteiger partial charge in [-0.2, -0.15) is 0 Å². The molecular weight excluding hydrogens is 376 g/mol. The zero-order valence-corrected chi connectivity index (χ0v) is 15.1. The molecule has 0 aliphatic carbocycles. The maximum atomic E-state index is 5.81. The van der Waals surface area contributed by atoms with E-state index in [-0.39, 0.29) is 5.25 Å². The van der Waals surface area contributed by atoms with Crippen LogP contribution in [0.4, 0.5) is 0 Å². The summed E-state index contributed by atoms with van der Waals surface area (Å²) in [6.45, 7) is 2.05. The molecule has 0 aliphatic rings. The van der Waals surface area contributed by atoms with Crippen molar-refractivity contribution in [3.8, 4) is 17.2 Å². The van der Waals surface area contributed by atoms with E-state index in [2.05, 4.69) is 45.2 Å². The van der Waals surface area contributed by atoms with E-state index in [1.54, 1.807) is 18.9 Å². The predicted molar refractivity (Wildman–Crippen MR) is 94.7 cm³/mol. The summed E-state index contributed by atoms with van der Waals surface area (Å²) >= 11 is 5.12. The van der Waals surface area contributed by atoms with Gasteiger partial charge in [0.2, 0.25) is 11.8 Å². The SMILES string of the molecule is COc1ccc(-c2nnc([C@H](C)Sc3ccc(Br)cc3)o2)cc1. The van der Waals surface area contributed by atoms with E-state index < -0.39 is 0 Å². The lowest BCUT2D eigenvalue weighted by molar-refractivity contribution is 0.415. The largest absolute Gasteiger partial charge is 0.497 e. The van der Waals surface area contributed by atoms with E-state index in [4.69, 9.17) is 9.15 Å². The number of methoxy groups -OCH3 is 1. The van der Waals surface area contributed by atoms with E-state index in [1.165, 1.54) is 0 Å². The summed E-state index contributed by atoms with van der Waals surface area (Å²) in [7, 11) is 1.64. The molecule has 118 valence electrons. The molecule has 2 aromatic carbocycles. The summed E-state index contributed by atoms with van der Waals surface area (Å²) in [6, 6.07) is 15.7. The molecule has 0 unspecified atom stereocenters. The van der Waals surface area contributed by atoms with E-state index in [9.17, 15) is 0 Å². The molecule has 1 atom stereocenters. The fraction of sp³-hybridized carbons (Fsp3) is 0.176. The Morgan fingerprint density at radius 3 is 2.39 bits per heavy atom. The highest BCUT2D eigenvalue weighted by molar-refractivity contribution is 9.10. The fourth-order valence-corrected chi connectivity index (χ4v) is 3.18. The van der Waals surface area contributed by atoms with Crippen LogP contribution in [-0.4, -0.2) is 17.3 Å². The number of nitrogens with zero attached hydrogens (tertiary/aromatic N) is 2. The smallest absolute Gasteiger partial charge is 0.247 e. The Bertz CT molecular complexity index is 772. The van der Waals surface area contributed by atoms with Crippen LogP contribution in [0.1, 0.15) is 18.1 Å².